The molecule has 0 N–H and O–H groups in total. The monoisotopic (exact) mass is 310 g/mol. The lowest BCUT2D eigenvalue weighted by Crippen LogP contribution is -2.00. The summed E-state index contributed by atoms with van der Waals surface area (Å²) in [5, 5.41) is 8.10. The van der Waals surface area contributed by atoms with Gasteiger partial charge in [0.1, 0.15) is 5.75 Å². The number of nitrogens with zero attached hydrogens (tertiary/aromatic N) is 2. The molecular weight excluding hydrogens is 296 g/mol. The summed E-state index contributed by atoms with van der Waals surface area (Å²) in [4.78, 5) is 11.4. The molecule has 2 aromatic carbocycles. The second-order valence-corrected chi connectivity index (χ2v) is 4.68. The predicted octanol–water partition coefficient (Wildman–Crippen LogP) is 3.20. The summed E-state index contributed by atoms with van der Waals surface area (Å²) in [6.07, 6.45) is 0. The van der Waals surface area contributed by atoms with Gasteiger partial charge in [0.2, 0.25) is 5.89 Å². The number of esters is 1. The first-order valence-corrected chi connectivity index (χ1v) is 6.88. The molecule has 0 amide bonds. The molecule has 0 aliphatic heterocycles. The molecule has 116 valence electrons. The van der Waals surface area contributed by atoms with Gasteiger partial charge in [-0.1, -0.05) is 12.1 Å². The topological polar surface area (TPSA) is 74.5 Å². The van der Waals surface area contributed by atoms with E-state index < -0.39 is 5.97 Å². The molecule has 0 radical (unpaired) electrons. The standard InChI is InChI=1S/C17H14N2O4/c1-21-14-6-4-3-5-13(14)16-19-18-15(23-16)11-7-9-12(10-8-11)17(20)22-2/h3-10H,1-2H3. The number of hydrogen-bond donors (Lipinski definition) is 0. The fourth-order valence-electron chi connectivity index (χ4n) is 2.14. The zero-order chi connectivity index (χ0) is 16.2. The normalized spacial score (nSPS) is 10.3. The average Bonchev–Trinajstić information content (AvgIpc) is 3.11. The zero-order valence-electron chi connectivity index (χ0n) is 12.6. The van der Waals surface area contributed by atoms with Gasteiger partial charge in [0.25, 0.3) is 5.89 Å². The van der Waals surface area contributed by atoms with Crippen molar-refractivity contribution in [3.8, 4) is 28.7 Å². The number of rotatable bonds is 4. The van der Waals surface area contributed by atoms with Crippen molar-refractivity contribution in [2.24, 2.45) is 0 Å². The molecule has 23 heavy (non-hydrogen) atoms. The Morgan fingerprint density at radius 1 is 0.957 bits per heavy atom. The van der Waals surface area contributed by atoms with Crippen molar-refractivity contribution in [3.05, 3.63) is 54.1 Å². The number of carbonyl (C=O) groups is 1. The highest BCUT2D eigenvalue weighted by atomic mass is 16.5. The van der Waals surface area contributed by atoms with Crippen molar-refractivity contribution in [2.45, 2.75) is 0 Å². The average molecular weight is 310 g/mol. The second kappa shape index (κ2) is 6.31. The van der Waals surface area contributed by atoms with Gasteiger partial charge in [-0.3, -0.25) is 0 Å². The Morgan fingerprint density at radius 3 is 2.35 bits per heavy atom. The molecule has 1 heterocycles. The van der Waals surface area contributed by atoms with Crippen molar-refractivity contribution in [1.82, 2.24) is 10.2 Å². The van der Waals surface area contributed by atoms with Gasteiger partial charge in [0, 0.05) is 5.56 Å². The van der Waals surface area contributed by atoms with Gasteiger partial charge in [-0.05, 0) is 36.4 Å². The molecule has 0 atom stereocenters. The van der Waals surface area contributed by atoms with Gasteiger partial charge < -0.3 is 13.9 Å². The molecule has 0 saturated heterocycles. The lowest BCUT2D eigenvalue weighted by molar-refractivity contribution is 0.0600. The molecule has 0 fully saturated rings. The Kier molecular flexibility index (Phi) is 4.05. The molecule has 0 unspecified atom stereocenters. The summed E-state index contributed by atoms with van der Waals surface area (Å²) in [5.74, 6) is 0.998. The van der Waals surface area contributed by atoms with Crippen LogP contribution < -0.4 is 4.74 Å². The summed E-state index contributed by atoms with van der Waals surface area (Å²) < 4.78 is 15.7. The quantitative estimate of drug-likeness (QED) is 0.689. The van der Waals surface area contributed by atoms with Gasteiger partial charge in [-0.15, -0.1) is 10.2 Å². The lowest BCUT2D eigenvalue weighted by atomic mass is 10.1. The zero-order valence-corrected chi connectivity index (χ0v) is 12.6. The predicted molar refractivity (Wildman–Crippen MR) is 83.1 cm³/mol. The van der Waals surface area contributed by atoms with Crippen LogP contribution in [0, 0.1) is 0 Å². The van der Waals surface area contributed by atoms with E-state index in [1.54, 1.807) is 31.4 Å². The van der Waals surface area contributed by atoms with Crippen LogP contribution in [0.15, 0.2) is 52.9 Å². The third-order valence-corrected chi connectivity index (χ3v) is 3.32. The molecule has 0 aliphatic carbocycles. The summed E-state index contributed by atoms with van der Waals surface area (Å²) in [6.45, 7) is 0. The maximum absolute atomic E-state index is 11.4. The van der Waals surface area contributed by atoms with E-state index in [1.807, 2.05) is 24.3 Å². The van der Waals surface area contributed by atoms with E-state index in [1.165, 1.54) is 7.11 Å². The first kappa shape index (κ1) is 14.8. The first-order chi connectivity index (χ1) is 11.2. The second-order valence-electron chi connectivity index (χ2n) is 4.68. The van der Waals surface area contributed by atoms with E-state index in [0.717, 1.165) is 5.56 Å². The Bertz CT molecular complexity index is 825. The van der Waals surface area contributed by atoms with Gasteiger partial charge in [0.15, 0.2) is 0 Å². The van der Waals surface area contributed by atoms with Crippen LogP contribution in [0.2, 0.25) is 0 Å². The van der Waals surface area contributed by atoms with Crippen LogP contribution in [0.3, 0.4) is 0 Å². The molecule has 6 heteroatoms. The van der Waals surface area contributed by atoms with Gasteiger partial charge in [-0.25, -0.2) is 4.79 Å². The highest BCUT2D eigenvalue weighted by molar-refractivity contribution is 5.89. The van der Waals surface area contributed by atoms with E-state index in [2.05, 4.69) is 14.9 Å². The number of hydrogen-bond acceptors (Lipinski definition) is 6. The number of benzene rings is 2. The van der Waals surface area contributed by atoms with Crippen LogP contribution in [-0.4, -0.2) is 30.4 Å². The van der Waals surface area contributed by atoms with E-state index in [4.69, 9.17) is 9.15 Å². The highest BCUT2D eigenvalue weighted by Gasteiger charge is 2.14. The van der Waals surface area contributed by atoms with Gasteiger partial charge in [-0.2, -0.15) is 0 Å². The summed E-state index contributed by atoms with van der Waals surface area (Å²) in [6, 6.07) is 14.2. The molecule has 0 saturated carbocycles. The fourth-order valence-corrected chi connectivity index (χ4v) is 2.14. The fraction of sp³-hybridized carbons (Fsp3) is 0.118. The van der Waals surface area contributed by atoms with Crippen molar-refractivity contribution >= 4 is 5.97 Å². The minimum absolute atomic E-state index is 0.363. The smallest absolute Gasteiger partial charge is 0.337 e. The van der Waals surface area contributed by atoms with Crippen molar-refractivity contribution in [2.75, 3.05) is 14.2 Å². The molecule has 3 aromatic rings. The molecule has 6 nitrogen and oxygen atoms in total. The molecule has 1 aromatic heterocycles. The summed E-state index contributed by atoms with van der Waals surface area (Å²) >= 11 is 0. The van der Waals surface area contributed by atoms with Crippen LogP contribution >= 0.6 is 0 Å². The van der Waals surface area contributed by atoms with Gasteiger partial charge >= 0.3 is 5.97 Å². The maximum Gasteiger partial charge on any atom is 0.337 e. The van der Waals surface area contributed by atoms with Crippen LogP contribution in [0.4, 0.5) is 0 Å². The van der Waals surface area contributed by atoms with E-state index in [-0.39, 0.29) is 0 Å². The molecule has 0 bridgehead atoms. The van der Waals surface area contributed by atoms with Crippen LogP contribution in [0.5, 0.6) is 5.75 Å². The van der Waals surface area contributed by atoms with Crippen LogP contribution in [0.25, 0.3) is 22.9 Å². The minimum Gasteiger partial charge on any atom is -0.496 e. The lowest BCUT2D eigenvalue weighted by Gasteiger charge is -2.03. The Balaban J connectivity index is 1.91. The van der Waals surface area contributed by atoms with E-state index in [9.17, 15) is 4.79 Å². The van der Waals surface area contributed by atoms with Crippen molar-refractivity contribution < 1.29 is 18.7 Å². The molecule has 0 aliphatic rings. The SMILES string of the molecule is COC(=O)c1ccc(-c2nnc(-c3ccccc3OC)o2)cc1. The van der Waals surface area contributed by atoms with E-state index >= 15 is 0 Å². The maximum atomic E-state index is 11.4. The van der Waals surface area contributed by atoms with Crippen LogP contribution in [0.1, 0.15) is 10.4 Å². The minimum atomic E-state index is -0.392. The number of ether oxygens (including phenoxy) is 2. The third-order valence-electron chi connectivity index (χ3n) is 3.32. The highest BCUT2D eigenvalue weighted by Crippen LogP contribution is 2.30. The van der Waals surface area contributed by atoms with Crippen molar-refractivity contribution in [3.63, 3.8) is 0 Å². The van der Waals surface area contributed by atoms with Crippen LogP contribution in [-0.2, 0) is 4.74 Å². The number of carbonyl (C=O) groups excluding carboxylic acids is 1. The number of methoxy groups -OCH3 is 2. The number of para-hydroxylation sites is 1. The third kappa shape index (κ3) is 2.91. The van der Waals surface area contributed by atoms with E-state index in [0.29, 0.717) is 28.7 Å². The summed E-state index contributed by atoms with van der Waals surface area (Å²) in [7, 11) is 2.93. The van der Waals surface area contributed by atoms with Crippen molar-refractivity contribution in [1.29, 1.82) is 0 Å². The largest absolute Gasteiger partial charge is 0.496 e. The Morgan fingerprint density at radius 2 is 1.65 bits per heavy atom. The molecular formula is C17H14N2O4. The first-order valence-electron chi connectivity index (χ1n) is 6.88. The molecule has 0 spiro atoms. The summed E-state index contributed by atoms with van der Waals surface area (Å²) in [5.41, 5.74) is 1.90. The van der Waals surface area contributed by atoms with Gasteiger partial charge in [0.05, 0.1) is 25.3 Å². The molecule has 3 rings (SSSR count). The Labute approximate surface area is 132 Å². The number of aromatic nitrogens is 2. The Hall–Kier alpha value is -3.15.